The fourth-order valence-corrected chi connectivity index (χ4v) is 1.78. The second-order valence-electron chi connectivity index (χ2n) is 3.89. The smallest absolute Gasteiger partial charge is 0.319 e. The number of rotatable bonds is 6. The molecule has 2 amide bonds. The highest BCUT2D eigenvalue weighted by molar-refractivity contribution is 6.43. The van der Waals surface area contributed by atoms with E-state index in [0.29, 0.717) is 30.3 Å². The van der Waals surface area contributed by atoms with E-state index in [2.05, 4.69) is 10.6 Å². The van der Waals surface area contributed by atoms with Crippen LogP contribution in [0.1, 0.15) is 19.8 Å². The van der Waals surface area contributed by atoms with Crippen LogP contribution in [0.15, 0.2) is 18.2 Å². The van der Waals surface area contributed by atoms with Crippen LogP contribution < -0.4 is 10.6 Å². The van der Waals surface area contributed by atoms with Crippen LogP contribution in [0.3, 0.4) is 0 Å². The van der Waals surface area contributed by atoms with Crippen molar-refractivity contribution < 1.29 is 14.3 Å². The number of amides is 2. The third-order valence-electron chi connectivity index (χ3n) is 2.35. The molecule has 0 aliphatic carbocycles. The summed E-state index contributed by atoms with van der Waals surface area (Å²) in [6, 6.07) is 4.56. The quantitative estimate of drug-likeness (QED) is 0.623. The Kier molecular flexibility index (Phi) is 7.18. The molecule has 0 radical (unpaired) electrons. The molecular formula is C13H16Cl2N2O3. The number of halogens is 2. The van der Waals surface area contributed by atoms with Crippen LogP contribution >= 0.6 is 23.2 Å². The SMILES string of the molecule is CCOC(=O)CCCNC(=O)Nc1cccc(Cl)c1Cl. The third-order valence-corrected chi connectivity index (χ3v) is 3.17. The van der Waals surface area contributed by atoms with E-state index in [1.807, 2.05) is 0 Å². The number of hydrogen-bond acceptors (Lipinski definition) is 3. The zero-order chi connectivity index (χ0) is 15.0. The van der Waals surface area contributed by atoms with Gasteiger partial charge in [0.05, 0.1) is 22.3 Å². The summed E-state index contributed by atoms with van der Waals surface area (Å²) in [5, 5.41) is 5.85. The molecule has 1 rings (SSSR count). The maximum atomic E-state index is 11.6. The first-order valence-corrected chi connectivity index (χ1v) is 6.94. The maximum Gasteiger partial charge on any atom is 0.319 e. The molecule has 1 aromatic rings. The summed E-state index contributed by atoms with van der Waals surface area (Å²) in [7, 11) is 0. The van der Waals surface area contributed by atoms with E-state index < -0.39 is 6.03 Å². The standard InChI is InChI=1S/C13H16Cl2N2O3/c1-2-20-11(18)7-4-8-16-13(19)17-10-6-3-5-9(14)12(10)15/h3,5-6H,2,4,7-8H2,1H3,(H2,16,17,19). The predicted molar refractivity (Wildman–Crippen MR) is 79.4 cm³/mol. The van der Waals surface area contributed by atoms with Gasteiger partial charge in [0.25, 0.3) is 0 Å². The first-order chi connectivity index (χ1) is 9.54. The van der Waals surface area contributed by atoms with Crippen LogP contribution in [-0.2, 0) is 9.53 Å². The van der Waals surface area contributed by atoms with Gasteiger partial charge in [0.2, 0.25) is 0 Å². The number of esters is 1. The highest BCUT2D eigenvalue weighted by atomic mass is 35.5. The topological polar surface area (TPSA) is 67.4 Å². The first kappa shape index (κ1) is 16.6. The van der Waals surface area contributed by atoms with E-state index in [-0.39, 0.29) is 17.4 Å². The van der Waals surface area contributed by atoms with Crippen molar-refractivity contribution >= 4 is 40.9 Å². The van der Waals surface area contributed by atoms with Gasteiger partial charge >= 0.3 is 12.0 Å². The lowest BCUT2D eigenvalue weighted by Gasteiger charge is -2.09. The monoisotopic (exact) mass is 318 g/mol. The molecule has 7 heteroatoms. The van der Waals surface area contributed by atoms with Gasteiger partial charge in [-0.1, -0.05) is 29.3 Å². The zero-order valence-corrected chi connectivity index (χ0v) is 12.6. The maximum absolute atomic E-state index is 11.6. The normalized spacial score (nSPS) is 9.95. The van der Waals surface area contributed by atoms with Crippen molar-refractivity contribution in [1.82, 2.24) is 5.32 Å². The van der Waals surface area contributed by atoms with Gasteiger partial charge in [0, 0.05) is 13.0 Å². The molecule has 0 saturated heterocycles. The second-order valence-corrected chi connectivity index (χ2v) is 4.68. The minimum atomic E-state index is -0.405. The lowest BCUT2D eigenvalue weighted by atomic mass is 10.3. The lowest BCUT2D eigenvalue weighted by Crippen LogP contribution is -2.30. The van der Waals surface area contributed by atoms with Gasteiger partial charge in [-0.05, 0) is 25.5 Å². The molecule has 1 aromatic carbocycles. The third kappa shape index (κ3) is 5.67. The molecule has 0 unspecified atom stereocenters. The van der Waals surface area contributed by atoms with Crippen molar-refractivity contribution in [3.63, 3.8) is 0 Å². The molecule has 0 atom stereocenters. The van der Waals surface area contributed by atoms with Crippen LogP contribution in [-0.4, -0.2) is 25.2 Å². The predicted octanol–water partition coefficient (Wildman–Crippen LogP) is 3.46. The molecule has 5 nitrogen and oxygen atoms in total. The molecule has 0 spiro atoms. The van der Waals surface area contributed by atoms with E-state index in [1.165, 1.54) is 0 Å². The Labute approximate surface area is 127 Å². The van der Waals surface area contributed by atoms with Gasteiger partial charge in [-0.2, -0.15) is 0 Å². The molecule has 0 aromatic heterocycles. The number of benzene rings is 1. The molecule has 0 fully saturated rings. The Morgan fingerprint density at radius 3 is 2.75 bits per heavy atom. The number of hydrogen-bond donors (Lipinski definition) is 2. The number of ether oxygens (including phenoxy) is 1. The van der Waals surface area contributed by atoms with Crippen LogP contribution in [0.25, 0.3) is 0 Å². The Balaban J connectivity index is 2.30. The molecule has 0 aliphatic heterocycles. The molecule has 0 aliphatic rings. The van der Waals surface area contributed by atoms with Crippen LogP contribution in [0.4, 0.5) is 10.5 Å². The lowest BCUT2D eigenvalue weighted by molar-refractivity contribution is -0.143. The molecular weight excluding hydrogens is 303 g/mol. The Morgan fingerprint density at radius 2 is 2.05 bits per heavy atom. The summed E-state index contributed by atoms with van der Waals surface area (Å²) in [5.74, 6) is -0.271. The van der Waals surface area contributed by atoms with Crippen LogP contribution in [0, 0.1) is 0 Å². The molecule has 2 N–H and O–H groups in total. The number of nitrogens with one attached hydrogen (secondary N) is 2. The average molecular weight is 319 g/mol. The van der Waals surface area contributed by atoms with Crippen LogP contribution in [0.2, 0.25) is 10.0 Å². The number of urea groups is 1. The summed E-state index contributed by atoms with van der Waals surface area (Å²) < 4.78 is 4.77. The van der Waals surface area contributed by atoms with E-state index in [1.54, 1.807) is 25.1 Å². The average Bonchev–Trinajstić information content (AvgIpc) is 2.40. The minimum Gasteiger partial charge on any atom is -0.466 e. The fourth-order valence-electron chi connectivity index (χ4n) is 1.43. The van der Waals surface area contributed by atoms with E-state index in [0.717, 1.165) is 0 Å². The molecule has 20 heavy (non-hydrogen) atoms. The van der Waals surface area contributed by atoms with Gasteiger partial charge in [-0.3, -0.25) is 4.79 Å². The van der Waals surface area contributed by atoms with Crippen molar-refractivity contribution in [3.05, 3.63) is 28.2 Å². The van der Waals surface area contributed by atoms with Gasteiger partial charge in [-0.15, -0.1) is 0 Å². The molecule has 110 valence electrons. The summed E-state index contributed by atoms with van der Waals surface area (Å²) in [6.07, 6.45) is 0.779. The second kappa shape index (κ2) is 8.66. The van der Waals surface area contributed by atoms with E-state index >= 15 is 0 Å². The zero-order valence-electron chi connectivity index (χ0n) is 11.0. The fraction of sp³-hybridized carbons (Fsp3) is 0.385. The molecule has 0 saturated carbocycles. The van der Waals surface area contributed by atoms with Crippen LogP contribution in [0.5, 0.6) is 0 Å². The van der Waals surface area contributed by atoms with Gasteiger partial charge in [0.1, 0.15) is 0 Å². The minimum absolute atomic E-state index is 0.270. The van der Waals surface area contributed by atoms with E-state index in [9.17, 15) is 9.59 Å². The van der Waals surface area contributed by atoms with Crippen molar-refractivity contribution in [2.75, 3.05) is 18.5 Å². The Morgan fingerprint density at radius 1 is 1.30 bits per heavy atom. The number of anilines is 1. The van der Waals surface area contributed by atoms with Gasteiger partial charge < -0.3 is 15.4 Å². The summed E-state index contributed by atoms with van der Waals surface area (Å²) >= 11 is 11.8. The first-order valence-electron chi connectivity index (χ1n) is 6.19. The largest absolute Gasteiger partial charge is 0.466 e. The summed E-state index contributed by atoms with van der Waals surface area (Å²) in [4.78, 5) is 22.7. The Bertz CT molecular complexity index is 481. The highest BCUT2D eigenvalue weighted by Gasteiger charge is 2.08. The van der Waals surface area contributed by atoms with Crippen molar-refractivity contribution in [3.8, 4) is 0 Å². The van der Waals surface area contributed by atoms with Crippen molar-refractivity contribution in [2.24, 2.45) is 0 Å². The molecule has 0 bridgehead atoms. The van der Waals surface area contributed by atoms with Crippen molar-refractivity contribution in [1.29, 1.82) is 0 Å². The van der Waals surface area contributed by atoms with Gasteiger partial charge in [0.15, 0.2) is 0 Å². The number of carbonyl (C=O) groups is 2. The van der Waals surface area contributed by atoms with E-state index in [4.69, 9.17) is 27.9 Å². The Hall–Kier alpha value is -1.46. The van der Waals surface area contributed by atoms with Gasteiger partial charge in [-0.25, -0.2) is 4.79 Å². The molecule has 0 heterocycles. The highest BCUT2D eigenvalue weighted by Crippen LogP contribution is 2.29. The summed E-state index contributed by atoms with van der Waals surface area (Å²) in [5.41, 5.74) is 0.432. The number of carbonyl (C=O) groups excluding carboxylic acids is 2. The summed E-state index contributed by atoms with van der Waals surface area (Å²) in [6.45, 7) is 2.47. The van der Waals surface area contributed by atoms with Crippen molar-refractivity contribution in [2.45, 2.75) is 19.8 Å².